The van der Waals surface area contributed by atoms with Crippen LogP contribution in [-0.2, 0) is 10.3 Å². The fourth-order valence-electron chi connectivity index (χ4n) is 3.73. The summed E-state index contributed by atoms with van der Waals surface area (Å²) in [7, 11) is 0. The molecule has 0 aromatic heterocycles. The van der Waals surface area contributed by atoms with E-state index in [4.69, 9.17) is 0 Å². The summed E-state index contributed by atoms with van der Waals surface area (Å²) in [6.07, 6.45) is 0.405. The van der Waals surface area contributed by atoms with Crippen LogP contribution in [0.4, 0.5) is 4.79 Å². The van der Waals surface area contributed by atoms with Crippen LogP contribution in [0.2, 0.25) is 0 Å². The van der Waals surface area contributed by atoms with Crippen LogP contribution in [0, 0.1) is 0 Å². The molecule has 1 N–H and O–H groups in total. The SMILES string of the molecule is CC[C@]1(c2ccccc2)NC(=O)N(CC(=O)c2ccc3ccccc3c2)C1=O. The van der Waals surface area contributed by atoms with Gasteiger partial charge in [0.25, 0.3) is 5.91 Å². The second-order valence-electron chi connectivity index (χ2n) is 6.93. The highest BCUT2D eigenvalue weighted by molar-refractivity contribution is 6.12. The third kappa shape index (κ3) is 2.85. The molecular weight excluding hydrogens is 352 g/mol. The van der Waals surface area contributed by atoms with E-state index in [0.717, 1.165) is 21.2 Å². The van der Waals surface area contributed by atoms with Crippen LogP contribution >= 0.6 is 0 Å². The quantitative estimate of drug-likeness (QED) is 0.546. The molecular formula is C23H20N2O3. The Morgan fingerprint density at radius 1 is 0.929 bits per heavy atom. The minimum absolute atomic E-state index is 0.269. The van der Waals surface area contributed by atoms with E-state index in [1.54, 1.807) is 12.1 Å². The predicted octanol–water partition coefficient (Wildman–Crippen LogP) is 3.88. The summed E-state index contributed by atoms with van der Waals surface area (Å²) in [6.45, 7) is 1.57. The number of amides is 3. The molecule has 3 aromatic carbocycles. The van der Waals surface area contributed by atoms with Gasteiger partial charge in [0.15, 0.2) is 5.78 Å². The van der Waals surface area contributed by atoms with Gasteiger partial charge in [0.1, 0.15) is 5.54 Å². The Bertz CT molecular complexity index is 1080. The number of nitrogens with zero attached hydrogens (tertiary/aromatic N) is 1. The van der Waals surface area contributed by atoms with E-state index in [1.807, 2.05) is 67.6 Å². The summed E-state index contributed by atoms with van der Waals surface area (Å²) in [6, 6.07) is 21.7. The Morgan fingerprint density at radius 3 is 2.32 bits per heavy atom. The molecule has 0 radical (unpaired) electrons. The highest BCUT2D eigenvalue weighted by atomic mass is 16.2. The van der Waals surface area contributed by atoms with Crippen molar-refractivity contribution in [3.63, 3.8) is 0 Å². The number of hydrogen-bond donors (Lipinski definition) is 1. The molecule has 5 nitrogen and oxygen atoms in total. The van der Waals surface area contributed by atoms with Crippen LogP contribution in [-0.4, -0.2) is 29.2 Å². The van der Waals surface area contributed by atoms with E-state index in [2.05, 4.69) is 5.32 Å². The van der Waals surface area contributed by atoms with Crippen LogP contribution < -0.4 is 5.32 Å². The van der Waals surface area contributed by atoms with Crippen molar-refractivity contribution in [1.29, 1.82) is 0 Å². The first-order chi connectivity index (χ1) is 13.5. The average molecular weight is 372 g/mol. The van der Waals surface area contributed by atoms with Gasteiger partial charge < -0.3 is 5.32 Å². The molecule has 140 valence electrons. The standard InChI is InChI=1S/C23H20N2O3/c1-2-23(19-10-4-3-5-11-19)21(27)25(22(28)24-23)15-20(26)18-13-12-16-8-6-7-9-17(16)14-18/h3-14H,2,15H2,1H3,(H,24,28)/t23-/m1/s1. The van der Waals surface area contributed by atoms with Crippen LogP contribution in [0.1, 0.15) is 29.3 Å². The van der Waals surface area contributed by atoms with Crippen molar-refractivity contribution in [3.8, 4) is 0 Å². The van der Waals surface area contributed by atoms with Crippen molar-refractivity contribution in [2.75, 3.05) is 6.54 Å². The third-order valence-corrected chi connectivity index (χ3v) is 5.35. The lowest BCUT2D eigenvalue weighted by molar-refractivity contribution is -0.131. The highest BCUT2D eigenvalue weighted by Gasteiger charge is 2.51. The van der Waals surface area contributed by atoms with Gasteiger partial charge in [-0.05, 0) is 28.8 Å². The lowest BCUT2D eigenvalue weighted by atomic mass is 9.87. The minimum atomic E-state index is -1.12. The summed E-state index contributed by atoms with van der Waals surface area (Å²) < 4.78 is 0. The first-order valence-corrected chi connectivity index (χ1v) is 9.27. The van der Waals surface area contributed by atoms with Gasteiger partial charge >= 0.3 is 6.03 Å². The second kappa shape index (κ2) is 6.93. The molecule has 3 aromatic rings. The lowest BCUT2D eigenvalue weighted by Crippen LogP contribution is -2.43. The fraction of sp³-hybridized carbons (Fsp3) is 0.174. The maximum absolute atomic E-state index is 13.1. The predicted molar refractivity (Wildman–Crippen MR) is 107 cm³/mol. The number of Topliss-reactive ketones (excluding diaryl/α,β-unsaturated/α-hetero) is 1. The smallest absolute Gasteiger partial charge is 0.319 e. The number of rotatable bonds is 5. The summed E-state index contributed by atoms with van der Waals surface area (Å²) in [4.78, 5) is 39.5. The molecule has 5 heteroatoms. The van der Waals surface area contributed by atoms with Gasteiger partial charge in [-0.1, -0.05) is 73.7 Å². The van der Waals surface area contributed by atoms with E-state index in [-0.39, 0.29) is 18.2 Å². The summed E-state index contributed by atoms with van der Waals surface area (Å²) in [5, 5.41) is 4.78. The Morgan fingerprint density at radius 2 is 1.61 bits per heavy atom. The van der Waals surface area contributed by atoms with Crippen LogP contribution in [0.25, 0.3) is 10.8 Å². The molecule has 4 rings (SSSR count). The van der Waals surface area contributed by atoms with E-state index >= 15 is 0 Å². The van der Waals surface area contributed by atoms with Gasteiger partial charge in [-0.15, -0.1) is 0 Å². The summed E-state index contributed by atoms with van der Waals surface area (Å²) in [5.41, 5.74) is 0.0756. The molecule has 1 saturated heterocycles. The van der Waals surface area contributed by atoms with Gasteiger partial charge in [-0.3, -0.25) is 14.5 Å². The Kier molecular flexibility index (Phi) is 4.43. The van der Waals surface area contributed by atoms with E-state index < -0.39 is 11.6 Å². The maximum Gasteiger partial charge on any atom is 0.325 e. The first kappa shape index (κ1) is 17.9. The Hall–Kier alpha value is -3.47. The molecule has 28 heavy (non-hydrogen) atoms. The molecule has 0 aliphatic carbocycles. The Labute approximate surface area is 163 Å². The molecule has 1 heterocycles. The van der Waals surface area contributed by atoms with Gasteiger partial charge in [0.05, 0.1) is 6.54 Å². The van der Waals surface area contributed by atoms with Crippen molar-refractivity contribution < 1.29 is 14.4 Å². The van der Waals surface area contributed by atoms with Crippen LogP contribution in [0.3, 0.4) is 0 Å². The normalized spacial score (nSPS) is 19.1. The fourth-order valence-corrected chi connectivity index (χ4v) is 3.73. The molecule has 0 saturated carbocycles. The first-order valence-electron chi connectivity index (χ1n) is 9.27. The zero-order valence-electron chi connectivity index (χ0n) is 15.5. The number of carbonyl (C=O) groups is 3. The molecule has 0 spiro atoms. The van der Waals surface area contributed by atoms with Crippen LogP contribution in [0.15, 0.2) is 72.8 Å². The number of hydrogen-bond acceptors (Lipinski definition) is 3. The van der Waals surface area contributed by atoms with E-state index in [0.29, 0.717) is 12.0 Å². The molecule has 1 fully saturated rings. The summed E-state index contributed by atoms with van der Waals surface area (Å²) in [5.74, 6) is -0.658. The van der Waals surface area contributed by atoms with Crippen molar-refractivity contribution in [3.05, 3.63) is 83.9 Å². The van der Waals surface area contributed by atoms with E-state index in [9.17, 15) is 14.4 Å². The van der Waals surface area contributed by atoms with Crippen molar-refractivity contribution >= 4 is 28.5 Å². The molecule has 0 unspecified atom stereocenters. The van der Waals surface area contributed by atoms with Crippen molar-refractivity contribution in [2.24, 2.45) is 0 Å². The molecule has 0 bridgehead atoms. The molecule has 3 amide bonds. The number of carbonyl (C=O) groups excluding carboxylic acids is 3. The molecule has 1 aliphatic heterocycles. The topological polar surface area (TPSA) is 66.5 Å². The molecule has 1 atom stereocenters. The zero-order valence-corrected chi connectivity index (χ0v) is 15.5. The maximum atomic E-state index is 13.1. The monoisotopic (exact) mass is 372 g/mol. The third-order valence-electron chi connectivity index (χ3n) is 5.35. The van der Waals surface area contributed by atoms with Gasteiger partial charge in [-0.25, -0.2) is 4.79 Å². The van der Waals surface area contributed by atoms with Gasteiger partial charge in [0.2, 0.25) is 0 Å². The number of urea groups is 1. The second-order valence-corrected chi connectivity index (χ2v) is 6.93. The van der Waals surface area contributed by atoms with Crippen LogP contribution in [0.5, 0.6) is 0 Å². The number of nitrogens with one attached hydrogen (secondary N) is 1. The van der Waals surface area contributed by atoms with E-state index in [1.165, 1.54) is 0 Å². The van der Waals surface area contributed by atoms with Crippen molar-refractivity contribution in [1.82, 2.24) is 10.2 Å². The van der Waals surface area contributed by atoms with Gasteiger partial charge in [0, 0.05) is 5.56 Å². The van der Waals surface area contributed by atoms with Gasteiger partial charge in [-0.2, -0.15) is 0 Å². The minimum Gasteiger partial charge on any atom is -0.319 e. The highest BCUT2D eigenvalue weighted by Crippen LogP contribution is 2.32. The zero-order chi connectivity index (χ0) is 19.7. The van der Waals surface area contributed by atoms with Crippen molar-refractivity contribution in [2.45, 2.75) is 18.9 Å². The largest absolute Gasteiger partial charge is 0.325 e. The average Bonchev–Trinajstić information content (AvgIpc) is 2.99. The molecule has 1 aliphatic rings. The number of imide groups is 1. The number of fused-ring (bicyclic) bond motifs is 1. The summed E-state index contributed by atoms with van der Waals surface area (Å²) >= 11 is 0. The lowest BCUT2D eigenvalue weighted by Gasteiger charge is -2.25. The number of ketones is 1. The Balaban J connectivity index is 1.61. The number of benzene rings is 3.